The Labute approximate surface area is 143 Å². The van der Waals surface area contributed by atoms with Crippen molar-refractivity contribution in [1.82, 2.24) is 10.9 Å². The summed E-state index contributed by atoms with van der Waals surface area (Å²) in [6.45, 7) is 1.45. The number of carbonyl (C=O) groups excluding carboxylic acids is 3. The summed E-state index contributed by atoms with van der Waals surface area (Å²) in [5.41, 5.74) is 5.88. The molecule has 0 aliphatic carbocycles. The van der Waals surface area contributed by atoms with Crippen molar-refractivity contribution in [1.29, 1.82) is 0 Å². The number of hydrogen-bond acceptors (Lipinski definition) is 5. The number of hydrogen-bond donors (Lipinski definition) is 2. The van der Waals surface area contributed by atoms with Crippen LogP contribution in [-0.2, 0) is 14.3 Å². The predicted molar refractivity (Wildman–Crippen MR) is 91.1 cm³/mol. The van der Waals surface area contributed by atoms with Crippen molar-refractivity contribution >= 4 is 35.2 Å². The Morgan fingerprint density at radius 2 is 1.88 bits per heavy atom. The molecule has 1 aromatic heterocycles. The zero-order chi connectivity index (χ0) is 17.4. The number of rotatable bonds is 5. The van der Waals surface area contributed by atoms with E-state index in [2.05, 4.69) is 10.9 Å². The van der Waals surface area contributed by atoms with Gasteiger partial charge in [-0.25, -0.2) is 4.79 Å². The van der Waals surface area contributed by atoms with E-state index < -0.39 is 24.4 Å². The fourth-order valence-corrected chi connectivity index (χ4v) is 2.53. The number of carbonyl (C=O) groups is 3. The zero-order valence-electron chi connectivity index (χ0n) is 12.9. The van der Waals surface area contributed by atoms with Gasteiger partial charge in [0, 0.05) is 16.5 Å². The maximum absolute atomic E-state index is 11.7. The summed E-state index contributed by atoms with van der Waals surface area (Å²) in [6.07, 6.45) is 2.89. The molecule has 0 radical (unpaired) electrons. The number of hydrazine groups is 1. The van der Waals surface area contributed by atoms with Gasteiger partial charge in [0.15, 0.2) is 6.61 Å². The van der Waals surface area contributed by atoms with E-state index in [4.69, 9.17) is 4.74 Å². The van der Waals surface area contributed by atoms with Crippen molar-refractivity contribution in [2.45, 2.75) is 6.92 Å². The summed E-state index contributed by atoms with van der Waals surface area (Å²) in [7, 11) is 0. The first-order valence-corrected chi connectivity index (χ1v) is 7.97. The molecule has 0 unspecified atom stereocenters. The normalized spacial score (nSPS) is 10.4. The lowest BCUT2D eigenvalue weighted by Crippen LogP contribution is -2.43. The van der Waals surface area contributed by atoms with Gasteiger partial charge in [0.1, 0.15) is 0 Å². The van der Waals surface area contributed by atoms with Crippen LogP contribution in [0.15, 0.2) is 47.9 Å². The summed E-state index contributed by atoms with van der Waals surface area (Å²) in [5.74, 6) is -1.72. The third-order valence-electron chi connectivity index (χ3n) is 2.97. The van der Waals surface area contributed by atoms with Crippen LogP contribution in [0.2, 0.25) is 0 Å². The van der Waals surface area contributed by atoms with Gasteiger partial charge in [-0.2, -0.15) is 0 Å². The highest BCUT2D eigenvalue weighted by Crippen LogP contribution is 2.16. The van der Waals surface area contributed by atoms with Gasteiger partial charge in [0.05, 0.1) is 0 Å². The van der Waals surface area contributed by atoms with Gasteiger partial charge in [-0.1, -0.05) is 18.2 Å². The smallest absolute Gasteiger partial charge is 0.331 e. The second-order valence-corrected chi connectivity index (χ2v) is 5.72. The quantitative estimate of drug-likeness (QED) is 0.494. The number of ether oxygens (including phenoxy) is 1. The Kier molecular flexibility index (Phi) is 6.27. The van der Waals surface area contributed by atoms with Gasteiger partial charge in [-0.05, 0) is 42.1 Å². The number of thiophene rings is 1. The van der Waals surface area contributed by atoms with Crippen molar-refractivity contribution in [2.24, 2.45) is 0 Å². The lowest BCUT2D eigenvalue weighted by molar-refractivity contribution is -0.144. The molecule has 0 saturated heterocycles. The van der Waals surface area contributed by atoms with E-state index in [1.54, 1.807) is 36.4 Å². The molecule has 0 fully saturated rings. The molecule has 2 aromatic rings. The average Bonchev–Trinajstić information content (AvgIpc) is 3.01. The van der Waals surface area contributed by atoms with Crippen molar-refractivity contribution in [3.63, 3.8) is 0 Å². The summed E-state index contributed by atoms with van der Waals surface area (Å²) in [5, 5.41) is 1.92. The fraction of sp³-hybridized carbons (Fsp3) is 0.118. The zero-order valence-corrected chi connectivity index (χ0v) is 13.8. The van der Waals surface area contributed by atoms with Gasteiger partial charge in [-0.15, -0.1) is 11.3 Å². The highest BCUT2D eigenvalue weighted by molar-refractivity contribution is 7.11. The summed E-state index contributed by atoms with van der Waals surface area (Å²) >= 11 is 1.50. The molecule has 0 bridgehead atoms. The molecular formula is C17H16N2O4S. The van der Waals surface area contributed by atoms with Crippen LogP contribution < -0.4 is 10.9 Å². The largest absolute Gasteiger partial charge is 0.452 e. The van der Waals surface area contributed by atoms with Gasteiger partial charge in [-0.3, -0.25) is 20.4 Å². The van der Waals surface area contributed by atoms with Gasteiger partial charge >= 0.3 is 5.97 Å². The Hall–Kier alpha value is -2.93. The van der Waals surface area contributed by atoms with Gasteiger partial charge in [0.2, 0.25) is 0 Å². The van der Waals surface area contributed by atoms with E-state index in [-0.39, 0.29) is 0 Å². The van der Waals surface area contributed by atoms with Crippen molar-refractivity contribution < 1.29 is 19.1 Å². The second kappa shape index (κ2) is 8.64. The molecule has 0 atom stereocenters. The summed E-state index contributed by atoms with van der Waals surface area (Å²) in [4.78, 5) is 35.7. The molecule has 7 heteroatoms. The molecule has 2 N–H and O–H groups in total. The van der Waals surface area contributed by atoms with Crippen molar-refractivity contribution in [3.05, 3.63) is 63.9 Å². The third-order valence-corrected chi connectivity index (χ3v) is 3.95. The van der Waals surface area contributed by atoms with Crippen LogP contribution in [0.1, 0.15) is 20.8 Å². The molecule has 0 saturated carbocycles. The Balaban J connectivity index is 1.71. The average molecular weight is 344 g/mol. The number of benzene rings is 1. The first kappa shape index (κ1) is 17.4. The SMILES string of the molecule is Cc1ccsc1/C=C/C(=O)OCC(=O)NNC(=O)c1ccccc1. The molecule has 24 heavy (non-hydrogen) atoms. The van der Waals surface area contributed by atoms with E-state index in [9.17, 15) is 14.4 Å². The van der Waals surface area contributed by atoms with E-state index in [1.807, 2.05) is 18.4 Å². The van der Waals surface area contributed by atoms with Crippen LogP contribution in [0.5, 0.6) is 0 Å². The maximum Gasteiger partial charge on any atom is 0.331 e. The van der Waals surface area contributed by atoms with E-state index in [1.165, 1.54) is 17.4 Å². The Bertz CT molecular complexity index is 753. The lowest BCUT2D eigenvalue weighted by Gasteiger charge is -2.07. The third kappa shape index (κ3) is 5.36. The van der Waals surface area contributed by atoms with Crippen LogP contribution in [0.25, 0.3) is 6.08 Å². The fourth-order valence-electron chi connectivity index (χ4n) is 1.71. The standard InChI is InChI=1S/C17H16N2O4S/c1-12-9-10-24-14(12)7-8-16(21)23-11-15(20)18-19-17(22)13-5-3-2-4-6-13/h2-10H,11H2,1H3,(H,18,20)(H,19,22)/b8-7+. The predicted octanol–water partition coefficient (Wildman–Crippen LogP) is 2.07. The molecule has 0 aliphatic rings. The molecular weight excluding hydrogens is 328 g/mol. The number of esters is 1. The lowest BCUT2D eigenvalue weighted by atomic mass is 10.2. The van der Waals surface area contributed by atoms with E-state index in [0.717, 1.165) is 10.4 Å². The van der Waals surface area contributed by atoms with E-state index in [0.29, 0.717) is 5.56 Å². The van der Waals surface area contributed by atoms with Gasteiger partial charge in [0.25, 0.3) is 11.8 Å². The molecule has 6 nitrogen and oxygen atoms in total. The van der Waals surface area contributed by atoms with Gasteiger partial charge < -0.3 is 4.74 Å². The molecule has 2 rings (SSSR count). The molecule has 1 aromatic carbocycles. The summed E-state index contributed by atoms with van der Waals surface area (Å²) < 4.78 is 4.80. The van der Waals surface area contributed by atoms with Crippen molar-refractivity contribution in [2.75, 3.05) is 6.61 Å². The number of amides is 2. The van der Waals surface area contributed by atoms with E-state index >= 15 is 0 Å². The van der Waals surface area contributed by atoms with Crippen LogP contribution in [0, 0.1) is 6.92 Å². The minimum Gasteiger partial charge on any atom is -0.452 e. The Morgan fingerprint density at radius 1 is 1.12 bits per heavy atom. The molecule has 0 aliphatic heterocycles. The molecule has 124 valence electrons. The number of aryl methyl sites for hydroxylation is 1. The molecule has 2 amide bonds. The first-order valence-electron chi connectivity index (χ1n) is 7.09. The second-order valence-electron chi connectivity index (χ2n) is 4.78. The first-order chi connectivity index (χ1) is 11.6. The number of nitrogens with one attached hydrogen (secondary N) is 2. The topological polar surface area (TPSA) is 84.5 Å². The molecule has 1 heterocycles. The summed E-state index contributed by atoms with van der Waals surface area (Å²) in [6, 6.07) is 10.4. The van der Waals surface area contributed by atoms with Crippen LogP contribution in [-0.4, -0.2) is 24.4 Å². The Morgan fingerprint density at radius 3 is 2.54 bits per heavy atom. The van der Waals surface area contributed by atoms with Crippen molar-refractivity contribution in [3.8, 4) is 0 Å². The highest BCUT2D eigenvalue weighted by Gasteiger charge is 2.08. The monoisotopic (exact) mass is 344 g/mol. The minimum atomic E-state index is -0.632. The maximum atomic E-state index is 11.7. The molecule has 0 spiro atoms. The van der Waals surface area contributed by atoms with Crippen LogP contribution >= 0.6 is 11.3 Å². The van der Waals surface area contributed by atoms with Crippen LogP contribution in [0.4, 0.5) is 0 Å². The highest BCUT2D eigenvalue weighted by atomic mass is 32.1. The van der Waals surface area contributed by atoms with Crippen LogP contribution in [0.3, 0.4) is 0 Å². The minimum absolute atomic E-state index is 0.407.